The third kappa shape index (κ3) is 4.15. The zero-order valence-electron chi connectivity index (χ0n) is 3.66. The number of hydrogen-bond acceptors (Lipinski definition) is 0. The summed E-state index contributed by atoms with van der Waals surface area (Å²) in [6.07, 6.45) is 0. The fraction of sp³-hybridized carbons (Fsp3) is 1.00. The van der Waals surface area contributed by atoms with Crippen LogP contribution in [0.5, 0.6) is 0 Å². The molecule has 0 saturated carbocycles. The maximum Gasteiger partial charge on any atom is 0.219 e. The summed E-state index contributed by atoms with van der Waals surface area (Å²) in [6.45, 7) is 3.82. The molecule has 0 nitrogen and oxygen atoms in total. The summed E-state index contributed by atoms with van der Waals surface area (Å²) in [5.74, 6) is 0. The van der Waals surface area contributed by atoms with Crippen molar-refractivity contribution < 1.29 is 4.11 Å². The Hall–Kier alpha value is 0.147. The van der Waals surface area contributed by atoms with Gasteiger partial charge in [0.1, 0.15) is 0 Å². The highest BCUT2D eigenvalue weighted by molar-refractivity contribution is 6.28. The first-order chi connectivity index (χ1) is 2.27. The monoisotopic (exact) mass is 92.0 g/mol. The molecule has 0 aromatic carbocycles. The van der Waals surface area contributed by atoms with E-state index < -0.39 is 9.85 Å². The van der Waals surface area contributed by atoms with E-state index in [2.05, 4.69) is 0 Å². The Morgan fingerprint density at radius 3 is 1.80 bits per heavy atom. The predicted molar refractivity (Wildman–Crippen MR) is 24.7 cm³/mol. The molecule has 0 heterocycles. The lowest BCUT2D eigenvalue weighted by Gasteiger charge is -1.85. The number of halogens is 1. The molecule has 0 fully saturated rings. The van der Waals surface area contributed by atoms with Crippen molar-refractivity contribution >= 4 is 9.85 Å². The maximum atomic E-state index is 11.3. The van der Waals surface area contributed by atoms with Gasteiger partial charge in [-0.05, 0) is 5.54 Å². The third-order valence-corrected chi connectivity index (χ3v) is 0.926. The minimum atomic E-state index is -1.15. The van der Waals surface area contributed by atoms with E-state index in [9.17, 15) is 4.11 Å². The fourth-order valence-corrected chi connectivity index (χ4v) is 0. The lowest BCUT2D eigenvalue weighted by atomic mass is 10.6. The highest BCUT2D eigenvalue weighted by Crippen LogP contribution is 1.94. The van der Waals surface area contributed by atoms with E-state index in [4.69, 9.17) is 0 Å². The number of hydrogen-bond donors (Lipinski definition) is 0. The quantitative estimate of drug-likeness (QED) is 0.332. The summed E-state index contributed by atoms with van der Waals surface area (Å²) >= 11 is 0. The van der Waals surface area contributed by atoms with Crippen LogP contribution < -0.4 is 0 Å². The van der Waals surface area contributed by atoms with E-state index >= 15 is 0 Å². The zero-order valence-corrected chi connectivity index (χ0v) is 5.08. The van der Waals surface area contributed by atoms with Gasteiger partial charge in [-0.2, -0.15) is 0 Å². The van der Waals surface area contributed by atoms with E-state index in [0.717, 1.165) is 0 Å². The third-order valence-electron chi connectivity index (χ3n) is 0.309. The highest BCUT2D eigenvalue weighted by atomic mass is 28.3. The first kappa shape index (κ1) is 5.15. The molecule has 0 aliphatic carbocycles. The van der Waals surface area contributed by atoms with E-state index in [-0.39, 0.29) is 0 Å². The smallest absolute Gasteiger partial charge is 0.219 e. The highest BCUT2D eigenvalue weighted by Gasteiger charge is 1.86. The molecule has 32 valence electrons. The van der Waals surface area contributed by atoms with Crippen LogP contribution in [0.15, 0.2) is 0 Å². The van der Waals surface area contributed by atoms with E-state index in [1.165, 1.54) is 0 Å². The molecule has 0 saturated heterocycles. The van der Waals surface area contributed by atoms with Crippen LogP contribution in [-0.4, -0.2) is 9.85 Å². The summed E-state index contributed by atoms with van der Waals surface area (Å²) in [5.41, 5.74) is 0.356. The van der Waals surface area contributed by atoms with Gasteiger partial charge in [0.25, 0.3) is 0 Å². The van der Waals surface area contributed by atoms with E-state index in [1.807, 2.05) is 13.8 Å². The average Bonchev–Trinajstić information content (AvgIpc) is 1.38. The normalized spacial score (nSPS) is 12.0. The van der Waals surface area contributed by atoms with Gasteiger partial charge in [-0.3, -0.25) is 0 Å². The van der Waals surface area contributed by atoms with Crippen LogP contribution in [0.25, 0.3) is 0 Å². The molecule has 0 aliphatic heterocycles. The van der Waals surface area contributed by atoms with Crippen LogP contribution in [0.3, 0.4) is 0 Å². The van der Waals surface area contributed by atoms with Crippen molar-refractivity contribution in [2.75, 3.05) is 0 Å². The van der Waals surface area contributed by atoms with Gasteiger partial charge in [0.05, 0.1) is 0 Å². The van der Waals surface area contributed by atoms with Gasteiger partial charge in [-0.1, -0.05) is 13.8 Å². The molecule has 0 unspecified atom stereocenters. The van der Waals surface area contributed by atoms with Crippen LogP contribution in [0, 0.1) is 0 Å². The van der Waals surface area contributed by atoms with Gasteiger partial charge < -0.3 is 4.11 Å². The molecule has 0 N–H and O–H groups in total. The van der Waals surface area contributed by atoms with Crippen molar-refractivity contribution in [3.05, 3.63) is 0 Å². The van der Waals surface area contributed by atoms with Gasteiger partial charge in [0.2, 0.25) is 9.85 Å². The largest absolute Gasteiger partial charge is 0.322 e. The van der Waals surface area contributed by atoms with Crippen molar-refractivity contribution in [1.82, 2.24) is 0 Å². The van der Waals surface area contributed by atoms with Crippen molar-refractivity contribution in [2.45, 2.75) is 19.4 Å². The Labute approximate surface area is 34.4 Å². The van der Waals surface area contributed by atoms with Crippen molar-refractivity contribution in [3.8, 4) is 0 Å². The number of rotatable bonds is 1. The van der Waals surface area contributed by atoms with Gasteiger partial charge >= 0.3 is 0 Å². The van der Waals surface area contributed by atoms with Crippen molar-refractivity contribution in [3.63, 3.8) is 0 Å². The second kappa shape index (κ2) is 2.39. The standard InChI is InChI=1S/C3H9FSi/c1-3(2)5-4/h3H,5H2,1-2H3. The van der Waals surface area contributed by atoms with Gasteiger partial charge in [-0.25, -0.2) is 0 Å². The second-order valence-corrected chi connectivity index (χ2v) is 3.49. The molecular formula is C3H9FSi. The van der Waals surface area contributed by atoms with Crippen LogP contribution in [-0.2, 0) is 0 Å². The lowest BCUT2D eigenvalue weighted by Crippen LogP contribution is -1.82. The minimum absolute atomic E-state index is 0.356. The summed E-state index contributed by atoms with van der Waals surface area (Å²) < 4.78 is 11.3. The Kier molecular flexibility index (Phi) is 2.46. The molecule has 0 aromatic heterocycles. The van der Waals surface area contributed by atoms with Gasteiger partial charge in [0.15, 0.2) is 0 Å². The van der Waals surface area contributed by atoms with Crippen molar-refractivity contribution in [1.29, 1.82) is 0 Å². The molecule has 0 rings (SSSR count). The van der Waals surface area contributed by atoms with Crippen LogP contribution in [0.1, 0.15) is 13.8 Å². The maximum absolute atomic E-state index is 11.3. The van der Waals surface area contributed by atoms with Crippen LogP contribution >= 0.6 is 0 Å². The lowest BCUT2D eigenvalue weighted by molar-refractivity contribution is 0.820. The van der Waals surface area contributed by atoms with E-state index in [1.54, 1.807) is 0 Å². The SMILES string of the molecule is CC(C)[SiH2]F. The average molecular weight is 92.2 g/mol. The minimum Gasteiger partial charge on any atom is -0.322 e. The summed E-state index contributed by atoms with van der Waals surface area (Å²) in [5, 5.41) is 0. The molecule has 0 aliphatic rings. The van der Waals surface area contributed by atoms with Crippen molar-refractivity contribution in [2.24, 2.45) is 0 Å². The topological polar surface area (TPSA) is 0 Å². The molecule has 0 atom stereocenters. The summed E-state index contributed by atoms with van der Waals surface area (Å²) in [7, 11) is -1.15. The predicted octanol–water partition coefficient (Wildman–Crippen LogP) is 0.868. The Bertz CT molecular complexity index is 20.9. The fourth-order valence-electron chi connectivity index (χ4n) is 0. The second-order valence-electron chi connectivity index (χ2n) is 1.55. The molecule has 5 heavy (non-hydrogen) atoms. The van der Waals surface area contributed by atoms with Gasteiger partial charge in [-0.15, -0.1) is 0 Å². The molecule has 0 spiro atoms. The first-order valence-corrected chi connectivity index (χ1v) is 3.18. The zero-order chi connectivity index (χ0) is 4.28. The summed E-state index contributed by atoms with van der Waals surface area (Å²) in [6, 6.07) is 0. The van der Waals surface area contributed by atoms with Crippen LogP contribution in [0.4, 0.5) is 4.11 Å². The molecule has 0 radical (unpaired) electrons. The molecule has 0 amide bonds. The Morgan fingerprint density at radius 2 is 1.80 bits per heavy atom. The Morgan fingerprint density at radius 1 is 1.60 bits per heavy atom. The molecular weight excluding hydrogens is 83.1 g/mol. The summed E-state index contributed by atoms with van der Waals surface area (Å²) in [4.78, 5) is 0. The molecule has 0 bridgehead atoms. The van der Waals surface area contributed by atoms with Gasteiger partial charge in [0, 0.05) is 0 Å². The Balaban J connectivity index is 2.54. The molecule has 2 heteroatoms. The molecule has 0 aromatic rings. The van der Waals surface area contributed by atoms with Crippen LogP contribution in [0.2, 0.25) is 5.54 Å². The van der Waals surface area contributed by atoms with E-state index in [0.29, 0.717) is 5.54 Å². The first-order valence-electron chi connectivity index (χ1n) is 1.83.